The second-order valence-electron chi connectivity index (χ2n) is 20.3. The fraction of sp³-hybridized carbons (Fsp3) is 0.923. The molecule has 12 aliphatic carbocycles. The second-order valence-corrected chi connectivity index (χ2v) is 24.5. The Morgan fingerprint density at radius 2 is 1.00 bits per heavy atom. The van der Waals surface area contributed by atoms with Gasteiger partial charge in [0, 0.05) is 11.5 Å². The average Bonchev–Trinajstić information content (AvgIpc) is 3.07. The molecule has 13 fully saturated rings. The monoisotopic (exact) mass is 798 g/mol. The zero-order valence-electron chi connectivity index (χ0n) is 30.2. The van der Waals surface area contributed by atoms with E-state index in [0.717, 1.165) is 51.4 Å². The molecule has 14 heteroatoms. The minimum atomic E-state index is -5.96. The van der Waals surface area contributed by atoms with Gasteiger partial charge >= 0.3 is 33.3 Å². The van der Waals surface area contributed by atoms with E-state index < -0.39 is 32.4 Å². The van der Waals surface area contributed by atoms with E-state index in [1.165, 1.54) is 38.5 Å². The first-order valence-corrected chi connectivity index (χ1v) is 23.6. The van der Waals surface area contributed by atoms with E-state index in [2.05, 4.69) is 0 Å². The van der Waals surface area contributed by atoms with E-state index in [9.17, 15) is 31.6 Å². The summed E-state index contributed by atoms with van der Waals surface area (Å²) in [7, 11) is -5.96. The van der Waals surface area contributed by atoms with Crippen molar-refractivity contribution >= 4 is 51.5 Å². The van der Waals surface area contributed by atoms with Crippen LogP contribution in [0.1, 0.15) is 109 Å². The summed E-state index contributed by atoms with van der Waals surface area (Å²) in [6.07, 6.45) is 15.8. The number of ether oxygens (including phenoxy) is 3. The quantitative estimate of drug-likeness (QED) is 0.144. The Bertz CT molecular complexity index is 1540. The van der Waals surface area contributed by atoms with Crippen LogP contribution in [0.15, 0.2) is 0 Å². The molecule has 13 aliphatic rings. The lowest BCUT2D eigenvalue weighted by Gasteiger charge is -2.65. The fourth-order valence-corrected chi connectivity index (χ4v) is 19.4. The van der Waals surface area contributed by atoms with Crippen LogP contribution in [0.3, 0.4) is 0 Å². The van der Waals surface area contributed by atoms with E-state index in [1.54, 1.807) is 0 Å². The molecule has 1 saturated heterocycles. The van der Waals surface area contributed by atoms with Crippen LogP contribution in [0.4, 0.5) is 8.78 Å². The molecule has 0 aromatic rings. The standard InChI is InChI=1S/C39H52F2O9S3/c40-39(41,53(45,46)47)33(44)50-37-15-28-7-29(16-37)38(30(8-28)17-37)51-20-34(21-52-38,18-48-31(42)35-9-22-1-23(10-35)3-24(2-22)11-35)19-49-32(43)36-12-25-4-26(13-36)6-27(5-25)14-36/h22-30H,1-21H2,(H,45,46,47). The van der Waals surface area contributed by atoms with E-state index in [-0.39, 0.29) is 57.8 Å². The molecule has 0 aromatic carbocycles. The van der Waals surface area contributed by atoms with Gasteiger partial charge in [-0.1, -0.05) is 0 Å². The summed E-state index contributed by atoms with van der Waals surface area (Å²) in [5.41, 5.74) is -2.54. The lowest BCUT2D eigenvalue weighted by Crippen LogP contribution is -2.64. The molecule has 1 aliphatic heterocycles. The number of carbonyl (C=O) groups excluding carboxylic acids is 3. The third-order valence-corrected chi connectivity index (χ3v) is 21.6. The molecule has 0 aromatic heterocycles. The predicted octanol–water partition coefficient (Wildman–Crippen LogP) is 7.27. The van der Waals surface area contributed by atoms with Crippen molar-refractivity contribution in [1.82, 2.24) is 0 Å². The van der Waals surface area contributed by atoms with Crippen molar-refractivity contribution in [2.75, 3.05) is 24.7 Å². The molecule has 13 rings (SSSR count). The highest BCUT2D eigenvalue weighted by molar-refractivity contribution is 8.18. The molecule has 0 radical (unpaired) electrons. The van der Waals surface area contributed by atoms with Gasteiger partial charge < -0.3 is 14.2 Å². The fourth-order valence-electron chi connectivity index (χ4n) is 15.1. The van der Waals surface area contributed by atoms with Crippen LogP contribution >= 0.6 is 23.5 Å². The van der Waals surface area contributed by atoms with Crippen molar-refractivity contribution in [2.45, 2.75) is 124 Å². The Kier molecular flexibility index (Phi) is 8.18. The highest BCUT2D eigenvalue weighted by Gasteiger charge is 2.68. The van der Waals surface area contributed by atoms with Gasteiger partial charge in [0.1, 0.15) is 18.8 Å². The molecule has 12 saturated carbocycles. The van der Waals surface area contributed by atoms with E-state index in [1.807, 2.05) is 23.5 Å². The lowest BCUT2D eigenvalue weighted by atomic mass is 9.49. The van der Waals surface area contributed by atoms with E-state index >= 15 is 0 Å². The first-order valence-electron chi connectivity index (χ1n) is 20.2. The maximum atomic E-state index is 14.3. The van der Waals surface area contributed by atoms with Gasteiger partial charge in [0.15, 0.2) is 0 Å². The van der Waals surface area contributed by atoms with Crippen LogP contribution in [0, 0.1) is 69.5 Å². The van der Waals surface area contributed by atoms with Crippen molar-refractivity contribution in [1.29, 1.82) is 0 Å². The van der Waals surface area contributed by atoms with Gasteiger partial charge in [-0.3, -0.25) is 14.1 Å². The van der Waals surface area contributed by atoms with Crippen LogP contribution in [-0.2, 0) is 38.7 Å². The third-order valence-electron chi connectivity index (χ3n) is 16.3. The van der Waals surface area contributed by atoms with Crippen molar-refractivity contribution in [3.8, 4) is 0 Å². The van der Waals surface area contributed by atoms with Crippen molar-refractivity contribution < 1.29 is 50.3 Å². The highest BCUT2D eigenvalue weighted by atomic mass is 32.2. The Morgan fingerprint density at radius 3 is 1.38 bits per heavy atom. The summed E-state index contributed by atoms with van der Waals surface area (Å²) in [5.74, 6) is 2.82. The minimum Gasteiger partial charge on any atom is -0.464 e. The van der Waals surface area contributed by atoms with E-state index in [4.69, 9.17) is 18.8 Å². The molecule has 1 N–H and O–H groups in total. The molecule has 0 amide bonds. The summed E-state index contributed by atoms with van der Waals surface area (Å²) in [5, 5.41) is -5.02. The predicted molar refractivity (Wildman–Crippen MR) is 192 cm³/mol. The maximum Gasteiger partial charge on any atom is 0.465 e. The number of carbonyl (C=O) groups is 3. The highest BCUT2D eigenvalue weighted by Crippen LogP contribution is 2.71. The minimum absolute atomic E-state index is 0.0399. The summed E-state index contributed by atoms with van der Waals surface area (Å²) >= 11 is 3.63. The largest absolute Gasteiger partial charge is 0.465 e. The van der Waals surface area contributed by atoms with Crippen molar-refractivity contribution in [3.63, 3.8) is 0 Å². The van der Waals surface area contributed by atoms with Crippen LogP contribution in [0.5, 0.6) is 0 Å². The van der Waals surface area contributed by atoms with Gasteiger partial charge in [-0.15, -0.1) is 23.5 Å². The van der Waals surface area contributed by atoms with Crippen molar-refractivity contribution in [2.24, 2.45) is 69.5 Å². The summed E-state index contributed by atoms with van der Waals surface area (Å²) < 4.78 is 78.3. The molecule has 12 bridgehead atoms. The van der Waals surface area contributed by atoms with Crippen molar-refractivity contribution in [3.05, 3.63) is 0 Å². The normalized spacial score (nSPS) is 50.1. The van der Waals surface area contributed by atoms with Gasteiger partial charge in [-0.25, -0.2) is 4.79 Å². The SMILES string of the molecule is O=C(OCC1(COC(=O)C23CC4CC(CC(C4)C2)C3)CSC2(SC1)C1CC3CC2CC(OC(=O)C(F)(F)S(=O)(=O)O)(C3)C1)C12CC3CC(CC(C3)C1)C2. The number of hydrogen-bond donors (Lipinski definition) is 1. The molecule has 2 atom stereocenters. The molecule has 1 heterocycles. The molecular weight excluding hydrogens is 747 g/mol. The van der Waals surface area contributed by atoms with Crippen LogP contribution in [-0.4, -0.2) is 70.5 Å². The van der Waals surface area contributed by atoms with Gasteiger partial charge in [-0.2, -0.15) is 17.2 Å². The Morgan fingerprint density at radius 1 is 0.623 bits per heavy atom. The summed E-state index contributed by atoms with van der Waals surface area (Å²) in [6.45, 7) is 0.393. The van der Waals surface area contributed by atoms with E-state index in [0.29, 0.717) is 66.3 Å². The van der Waals surface area contributed by atoms with Crippen LogP contribution < -0.4 is 0 Å². The number of halogens is 2. The van der Waals surface area contributed by atoms with Crippen LogP contribution in [0.2, 0.25) is 0 Å². The summed E-state index contributed by atoms with van der Waals surface area (Å²) in [4.78, 5) is 40.7. The Balaban J connectivity index is 0.866. The van der Waals surface area contributed by atoms with Crippen LogP contribution in [0.25, 0.3) is 0 Å². The Labute approximate surface area is 319 Å². The zero-order valence-corrected chi connectivity index (χ0v) is 32.7. The first kappa shape index (κ1) is 36.2. The molecule has 1 spiro atoms. The first-order chi connectivity index (χ1) is 25.0. The zero-order chi connectivity index (χ0) is 36.8. The maximum absolute atomic E-state index is 14.3. The van der Waals surface area contributed by atoms with Gasteiger partial charge in [-0.05, 0) is 162 Å². The summed E-state index contributed by atoms with van der Waals surface area (Å²) in [6, 6.07) is 0. The molecule has 294 valence electrons. The lowest BCUT2D eigenvalue weighted by molar-refractivity contribution is -0.202. The van der Waals surface area contributed by atoms with Gasteiger partial charge in [0.25, 0.3) is 0 Å². The molecular formula is C39H52F2O9S3. The number of alkyl halides is 2. The third kappa shape index (κ3) is 5.71. The molecule has 2 unspecified atom stereocenters. The van der Waals surface area contributed by atoms with Gasteiger partial charge in [0.05, 0.1) is 20.3 Å². The number of rotatable bonds is 9. The Hall–Kier alpha value is -1.12. The smallest absolute Gasteiger partial charge is 0.464 e. The second kappa shape index (κ2) is 12.0. The topological polar surface area (TPSA) is 133 Å². The average molecular weight is 799 g/mol. The van der Waals surface area contributed by atoms with Gasteiger partial charge in [0.2, 0.25) is 0 Å². The number of hydrogen-bond acceptors (Lipinski definition) is 10. The molecule has 53 heavy (non-hydrogen) atoms. The number of thioether (sulfide) groups is 2. The molecule has 9 nitrogen and oxygen atoms in total. The number of esters is 3.